The number of hydrogen-bond donors (Lipinski definition) is 1. The second kappa shape index (κ2) is 4.20. The zero-order chi connectivity index (χ0) is 11.5. The van der Waals surface area contributed by atoms with Crippen LogP contribution < -0.4 is 4.74 Å². The highest BCUT2D eigenvalue weighted by atomic mass is 19.4. The number of halogens is 3. The van der Waals surface area contributed by atoms with E-state index >= 15 is 0 Å². The number of rotatable bonds is 3. The first-order valence-electron chi connectivity index (χ1n) is 3.82. The molecule has 6 heteroatoms. The van der Waals surface area contributed by atoms with Gasteiger partial charge in [-0.15, -0.1) is 0 Å². The summed E-state index contributed by atoms with van der Waals surface area (Å²) in [7, 11) is 0. The Morgan fingerprint density at radius 1 is 1.47 bits per heavy atom. The molecule has 0 saturated heterocycles. The van der Waals surface area contributed by atoms with E-state index in [-0.39, 0.29) is 11.3 Å². The Balaban J connectivity index is 2.70. The fraction of sp³-hybridized carbons (Fsp3) is 0.222. The quantitative estimate of drug-likeness (QED) is 0.846. The van der Waals surface area contributed by atoms with Crippen molar-refractivity contribution in [3.8, 4) is 5.75 Å². The van der Waals surface area contributed by atoms with Crippen molar-refractivity contribution in [1.29, 1.82) is 0 Å². The number of alkyl halides is 3. The summed E-state index contributed by atoms with van der Waals surface area (Å²) in [4.78, 5) is 10.5. The van der Waals surface area contributed by atoms with E-state index in [9.17, 15) is 18.0 Å². The molecule has 0 saturated carbocycles. The lowest BCUT2D eigenvalue weighted by molar-refractivity contribution is -0.153. The molecule has 1 rings (SSSR count). The molecule has 0 bridgehead atoms. The van der Waals surface area contributed by atoms with Crippen LogP contribution >= 0.6 is 0 Å². The van der Waals surface area contributed by atoms with Crippen LogP contribution in [0.2, 0.25) is 0 Å². The Morgan fingerprint density at radius 3 is 2.67 bits per heavy atom. The minimum atomic E-state index is -4.45. The van der Waals surface area contributed by atoms with Gasteiger partial charge in [-0.3, -0.25) is 0 Å². The predicted octanol–water partition coefficient (Wildman–Crippen LogP) is 2.13. The maximum atomic E-state index is 11.7. The average molecular weight is 219 g/mol. The molecule has 1 N–H and O–H groups in total. The van der Waals surface area contributed by atoms with Crippen molar-refractivity contribution in [2.75, 3.05) is 6.61 Å². The van der Waals surface area contributed by atoms with Gasteiger partial charge in [0, 0.05) is 0 Å². The molecule has 0 aliphatic rings. The van der Waals surface area contributed by atoms with Crippen LogP contribution in [0, 0.1) is 6.07 Å². The molecule has 0 heterocycles. The lowest BCUT2D eigenvalue weighted by atomic mass is 10.2. The SMILES string of the molecule is O=C(O)c1c[c]cc(OCC(F)(F)F)c1. The van der Waals surface area contributed by atoms with Gasteiger partial charge in [0.15, 0.2) is 6.61 Å². The molecule has 1 aromatic carbocycles. The van der Waals surface area contributed by atoms with E-state index in [1.807, 2.05) is 0 Å². The lowest BCUT2D eigenvalue weighted by Gasteiger charge is -2.08. The Bertz CT molecular complexity index is 360. The van der Waals surface area contributed by atoms with Crippen molar-refractivity contribution in [3.05, 3.63) is 29.8 Å². The number of carboxylic acid groups (broad SMARTS) is 1. The van der Waals surface area contributed by atoms with E-state index < -0.39 is 18.8 Å². The molecule has 81 valence electrons. The molecule has 0 fully saturated rings. The fourth-order valence-corrected chi connectivity index (χ4v) is 0.822. The number of carboxylic acids is 1. The zero-order valence-electron chi connectivity index (χ0n) is 7.34. The van der Waals surface area contributed by atoms with Crippen LogP contribution in [0.1, 0.15) is 10.4 Å². The normalized spacial score (nSPS) is 11.1. The first-order valence-corrected chi connectivity index (χ1v) is 3.82. The average Bonchev–Trinajstić information content (AvgIpc) is 2.14. The molecular formula is C9H6F3O3. The summed E-state index contributed by atoms with van der Waals surface area (Å²) in [5.41, 5.74) is -0.172. The Morgan fingerprint density at radius 2 is 2.13 bits per heavy atom. The molecule has 15 heavy (non-hydrogen) atoms. The van der Waals surface area contributed by atoms with Crippen molar-refractivity contribution < 1.29 is 27.8 Å². The van der Waals surface area contributed by atoms with E-state index in [1.165, 1.54) is 0 Å². The monoisotopic (exact) mass is 219 g/mol. The Kier molecular flexibility index (Phi) is 3.18. The zero-order valence-corrected chi connectivity index (χ0v) is 7.34. The van der Waals surface area contributed by atoms with Gasteiger partial charge in [-0.1, -0.05) is 0 Å². The molecule has 1 aromatic rings. The van der Waals surface area contributed by atoms with Crippen LogP contribution in [0.25, 0.3) is 0 Å². The van der Waals surface area contributed by atoms with Gasteiger partial charge >= 0.3 is 12.1 Å². The lowest BCUT2D eigenvalue weighted by Crippen LogP contribution is -2.19. The van der Waals surface area contributed by atoms with Gasteiger partial charge < -0.3 is 9.84 Å². The molecule has 0 amide bonds. The summed E-state index contributed by atoms with van der Waals surface area (Å²) in [6.45, 7) is -1.45. The first-order chi connectivity index (χ1) is 6.88. The van der Waals surface area contributed by atoms with E-state index in [0.717, 1.165) is 18.2 Å². The molecule has 0 unspecified atom stereocenters. The molecule has 0 spiro atoms. The second-order valence-corrected chi connectivity index (χ2v) is 2.67. The minimum Gasteiger partial charge on any atom is -0.484 e. The highest BCUT2D eigenvalue weighted by Crippen LogP contribution is 2.19. The Labute approximate surface area is 83.1 Å². The van der Waals surface area contributed by atoms with Crippen LogP contribution in [-0.4, -0.2) is 23.9 Å². The van der Waals surface area contributed by atoms with E-state index in [1.54, 1.807) is 0 Å². The predicted molar refractivity (Wildman–Crippen MR) is 43.8 cm³/mol. The Hall–Kier alpha value is -1.72. The molecule has 0 aliphatic heterocycles. The number of hydrogen-bond acceptors (Lipinski definition) is 2. The standard InChI is InChI=1S/C9H6F3O3/c10-9(11,12)5-15-7-3-1-2-6(4-7)8(13)14/h2-4H,5H2,(H,13,14). The highest BCUT2D eigenvalue weighted by molar-refractivity contribution is 5.87. The van der Waals surface area contributed by atoms with Crippen molar-refractivity contribution in [3.63, 3.8) is 0 Å². The van der Waals surface area contributed by atoms with E-state index in [2.05, 4.69) is 10.8 Å². The van der Waals surface area contributed by atoms with Crippen molar-refractivity contribution in [1.82, 2.24) is 0 Å². The van der Waals surface area contributed by atoms with Crippen LogP contribution in [0.4, 0.5) is 13.2 Å². The third-order valence-corrected chi connectivity index (χ3v) is 1.41. The molecule has 0 aliphatic carbocycles. The minimum absolute atomic E-state index is 0.172. The molecule has 3 nitrogen and oxygen atoms in total. The fourth-order valence-electron chi connectivity index (χ4n) is 0.822. The van der Waals surface area contributed by atoms with Crippen LogP contribution in [0.15, 0.2) is 18.2 Å². The molecular weight excluding hydrogens is 213 g/mol. The number of carbonyl (C=O) groups is 1. The van der Waals surface area contributed by atoms with E-state index in [4.69, 9.17) is 5.11 Å². The third-order valence-electron chi connectivity index (χ3n) is 1.41. The summed E-state index contributed by atoms with van der Waals surface area (Å²) in [5, 5.41) is 8.54. The third kappa shape index (κ3) is 3.88. The largest absolute Gasteiger partial charge is 0.484 e. The number of aromatic carboxylic acids is 1. The maximum absolute atomic E-state index is 11.7. The summed E-state index contributed by atoms with van der Waals surface area (Å²) >= 11 is 0. The maximum Gasteiger partial charge on any atom is 0.422 e. The summed E-state index contributed by atoms with van der Waals surface area (Å²) < 4.78 is 39.6. The number of benzene rings is 1. The van der Waals surface area contributed by atoms with Gasteiger partial charge in [-0.2, -0.15) is 13.2 Å². The van der Waals surface area contributed by atoms with E-state index in [0.29, 0.717) is 0 Å². The van der Waals surface area contributed by atoms with Gasteiger partial charge in [0.05, 0.1) is 5.56 Å². The van der Waals surface area contributed by atoms with Gasteiger partial charge in [0.2, 0.25) is 0 Å². The van der Waals surface area contributed by atoms with Gasteiger partial charge in [-0.05, 0) is 24.3 Å². The second-order valence-electron chi connectivity index (χ2n) is 2.67. The van der Waals surface area contributed by atoms with Crippen LogP contribution in [0.3, 0.4) is 0 Å². The van der Waals surface area contributed by atoms with Gasteiger partial charge in [0.25, 0.3) is 0 Å². The van der Waals surface area contributed by atoms with Gasteiger partial charge in [-0.25, -0.2) is 4.79 Å². The van der Waals surface area contributed by atoms with Crippen LogP contribution in [0.5, 0.6) is 5.75 Å². The topological polar surface area (TPSA) is 46.5 Å². The first kappa shape index (κ1) is 11.4. The summed E-state index contributed by atoms with van der Waals surface area (Å²) in [6.07, 6.45) is -4.45. The molecule has 1 radical (unpaired) electrons. The molecule has 0 atom stereocenters. The van der Waals surface area contributed by atoms with Crippen molar-refractivity contribution in [2.24, 2.45) is 0 Å². The summed E-state index contributed by atoms with van der Waals surface area (Å²) in [5.74, 6) is -1.42. The number of ether oxygens (including phenoxy) is 1. The van der Waals surface area contributed by atoms with Crippen LogP contribution in [-0.2, 0) is 0 Å². The van der Waals surface area contributed by atoms with Crippen molar-refractivity contribution >= 4 is 5.97 Å². The van der Waals surface area contributed by atoms with Gasteiger partial charge in [0.1, 0.15) is 5.75 Å². The van der Waals surface area contributed by atoms with Crippen molar-refractivity contribution in [2.45, 2.75) is 6.18 Å². The smallest absolute Gasteiger partial charge is 0.422 e. The molecule has 0 aromatic heterocycles. The summed E-state index contributed by atoms with van der Waals surface area (Å²) in [6, 6.07) is 5.66. The highest BCUT2D eigenvalue weighted by Gasteiger charge is 2.28.